The lowest BCUT2D eigenvalue weighted by Crippen LogP contribution is -2.55. The first-order chi connectivity index (χ1) is 7.64. The minimum atomic E-state index is -0.778. The Kier molecular flexibility index (Phi) is 2.81. The van der Waals surface area contributed by atoms with Crippen LogP contribution in [0.15, 0.2) is 24.5 Å². The van der Waals surface area contributed by atoms with Gasteiger partial charge in [-0.2, -0.15) is 0 Å². The summed E-state index contributed by atoms with van der Waals surface area (Å²) >= 11 is 0. The Morgan fingerprint density at radius 1 is 1.44 bits per heavy atom. The van der Waals surface area contributed by atoms with Crippen molar-refractivity contribution >= 4 is 11.7 Å². The Balaban J connectivity index is 2.34. The first-order valence-electron chi connectivity index (χ1n) is 5.56. The first-order valence-corrected chi connectivity index (χ1v) is 5.56. The molecule has 0 aromatic carbocycles. The van der Waals surface area contributed by atoms with E-state index < -0.39 is 11.5 Å². The zero-order valence-electron chi connectivity index (χ0n) is 9.39. The molecule has 0 aliphatic carbocycles. The van der Waals surface area contributed by atoms with Crippen molar-refractivity contribution in [2.75, 3.05) is 11.4 Å². The maximum atomic E-state index is 11.4. The van der Waals surface area contributed by atoms with Gasteiger partial charge >= 0.3 is 5.97 Å². The lowest BCUT2D eigenvalue weighted by molar-refractivity contribution is -0.143. The average molecular weight is 220 g/mol. The molecule has 1 fully saturated rings. The molecule has 1 aromatic rings. The van der Waals surface area contributed by atoms with Crippen LogP contribution in [-0.4, -0.2) is 28.1 Å². The number of aliphatic carboxylic acids is 1. The molecule has 0 saturated carbocycles. The number of carbonyl (C=O) groups is 1. The zero-order valence-corrected chi connectivity index (χ0v) is 9.39. The van der Waals surface area contributed by atoms with Gasteiger partial charge in [0.1, 0.15) is 5.54 Å². The van der Waals surface area contributed by atoms with E-state index in [-0.39, 0.29) is 0 Å². The fourth-order valence-corrected chi connectivity index (χ4v) is 2.28. The van der Waals surface area contributed by atoms with Gasteiger partial charge in [-0.15, -0.1) is 0 Å². The summed E-state index contributed by atoms with van der Waals surface area (Å²) in [6.45, 7) is 2.60. The van der Waals surface area contributed by atoms with Crippen molar-refractivity contribution in [3.05, 3.63) is 24.5 Å². The molecule has 1 aliphatic heterocycles. The maximum absolute atomic E-state index is 11.4. The van der Waals surface area contributed by atoms with Crippen LogP contribution < -0.4 is 4.90 Å². The molecule has 16 heavy (non-hydrogen) atoms. The van der Waals surface area contributed by atoms with Crippen molar-refractivity contribution in [1.29, 1.82) is 0 Å². The van der Waals surface area contributed by atoms with Crippen molar-refractivity contribution in [2.45, 2.75) is 31.7 Å². The van der Waals surface area contributed by atoms with Gasteiger partial charge in [-0.3, -0.25) is 4.98 Å². The summed E-state index contributed by atoms with van der Waals surface area (Å²) in [5.41, 5.74) is 0.166. The van der Waals surface area contributed by atoms with Gasteiger partial charge in [0.05, 0.1) is 0 Å². The van der Waals surface area contributed by atoms with E-state index in [0.29, 0.717) is 6.42 Å². The first kappa shape index (κ1) is 10.9. The second-order valence-corrected chi connectivity index (χ2v) is 4.39. The van der Waals surface area contributed by atoms with Gasteiger partial charge in [-0.25, -0.2) is 4.79 Å². The molecule has 1 aliphatic rings. The summed E-state index contributed by atoms with van der Waals surface area (Å²) in [6, 6.07) is 3.74. The fraction of sp³-hybridized carbons (Fsp3) is 0.500. The summed E-state index contributed by atoms with van der Waals surface area (Å²) in [4.78, 5) is 17.3. The molecule has 1 aromatic heterocycles. The van der Waals surface area contributed by atoms with E-state index in [1.807, 2.05) is 17.0 Å². The van der Waals surface area contributed by atoms with E-state index in [4.69, 9.17) is 0 Å². The topological polar surface area (TPSA) is 53.4 Å². The smallest absolute Gasteiger partial charge is 0.329 e. The van der Waals surface area contributed by atoms with Crippen LogP contribution >= 0.6 is 0 Å². The van der Waals surface area contributed by atoms with E-state index in [2.05, 4.69) is 4.98 Å². The van der Waals surface area contributed by atoms with Crippen LogP contribution in [0, 0.1) is 0 Å². The third kappa shape index (κ3) is 1.75. The van der Waals surface area contributed by atoms with Gasteiger partial charge in [0.2, 0.25) is 0 Å². The summed E-state index contributed by atoms with van der Waals surface area (Å²) in [5, 5.41) is 9.37. The van der Waals surface area contributed by atoms with Crippen LogP contribution in [0.2, 0.25) is 0 Å². The number of rotatable bonds is 2. The highest BCUT2D eigenvalue weighted by molar-refractivity contribution is 5.83. The molecule has 0 radical (unpaired) electrons. The lowest BCUT2D eigenvalue weighted by Gasteiger charge is -2.43. The van der Waals surface area contributed by atoms with E-state index in [1.54, 1.807) is 19.3 Å². The number of pyridine rings is 1. The summed E-state index contributed by atoms with van der Waals surface area (Å²) in [7, 11) is 0. The van der Waals surface area contributed by atoms with Crippen molar-refractivity contribution < 1.29 is 9.90 Å². The molecule has 1 atom stereocenters. The molecular weight excluding hydrogens is 204 g/mol. The third-order valence-electron chi connectivity index (χ3n) is 3.33. The Morgan fingerprint density at radius 3 is 2.75 bits per heavy atom. The van der Waals surface area contributed by atoms with Crippen molar-refractivity contribution in [1.82, 2.24) is 4.98 Å². The van der Waals surface area contributed by atoms with E-state index >= 15 is 0 Å². The molecule has 4 nitrogen and oxygen atoms in total. The molecule has 4 heteroatoms. The second-order valence-electron chi connectivity index (χ2n) is 4.39. The standard InChI is InChI=1S/C12H16N2O2/c1-12(11(15)16)6-2-3-9-14(12)10-4-7-13-8-5-10/h4-5,7-8H,2-3,6,9H2,1H3,(H,15,16). The maximum Gasteiger partial charge on any atom is 0.329 e. The van der Waals surface area contributed by atoms with Crippen LogP contribution in [0.4, 0.5) is 5.69 Å². The van der Waals surface area contributed by atoms with Crippen molar-refractivity contribution in [3.63, 3.8) is 0 Å². The van der Waals surface area contributed by atoms with Gasteiger partial charge < -0.3 is 10.0 Å². The molecule has 1 N–H and O–H groups in total. The highest BCUT2D eigenvalue weighted by atomic mass is 16.4. The summed E-state index contributed by atoms with van der Waals surface area (Å²) in [6.07, 6.45) is 6.12. The lowest BCUT2D eigenvalue weighted by atomic mass is 9.88. The number of carboxylic acid groups (broad SMARTS) is 1. The van der Waals surface area contributed by atoms with Crippen LogP contribution in [0.25, 0.3) is 0 Å². The van der Waals surface area contributed by atoms with Gasteiger partial charge in [-0.1, -0.05) is 0 Å². The third-order valence-corrected chi connectivity index (χ3v) is 3.33. The minimum absolute atomic E-state index is 0.699. The SMILES string of the molecule is CC1(C(=O)O)CCCCN1c1ccncc1. The van der Waals surface area contributed by atoms with Crippen LogP contribution in [0.3, 0.4) is 0 Å². The van der Waals surface area contributed by atoms with Gasteiger partial charge in [-0.05, 0) is 38.3 Å². The van der Waals surface area contributed by atoms with Crippen LogP contribution in [0.1, 0.15) is 26.2 Å². The van der Waals surface area contributed by atoms with E-state index in [1.165, 1.54) is 0 Å². The quantitative estimate of drug-likeness (QED) is 0.827. The number of carboxylic acids is 1. The Bertz CT molecular complexity index is 380. The normalized spacial score (nSPS) is 25.4. The van der Waals surface area contributed by atoms with Crippen molar-refractivity contribution in [2.24, 2.45) is 0 Å². The number of nitrogens with zero attached hydrogens (tertiary/aromatic N) is 2. The summed E-state index contributed by atoms with van der Waals surface area (Å²) in [5.74, 6) is -0.746. The van der Waals surface area contributed by atoms with Gasteiger partial charge in [0, 0.05) is 24.6 Å². The molecule has 1 unspecified atom stereocenters. The monoisotopic (exact) mass is 220 g/mol. The highest BCUT2D eigenvalue weighted by Gasteiger charge is 2.41. The van der Waals surface area contributed by atoms with E-state index in [0.717, 1.165) is 25.1 Å². The van der Waals surface area contributed by atoms with Crippen LogP contribution in [0.5, 0.6) is 0 Å². The Morgan fingerprint density at radius 2 is 2.12 bits per heavy atom. The Hall–Kier alpha value is -1.58. The van der Waals surface area contributed by atoms with Crippen LogP contribution in [-0.2, 0) is 4.79 Å². The molecule has 0 spiro atoms. The Labute approximate surface area is 94.9 Å². The number of anilines is 1. The molecule has 2 rings (SSSR count). The summed E-state index contributed by atoms with van der Waals surface area (Å²) < 4.78 is 0. The molecule has 0 amide bonds. The predicted octanol–water partition coefficient (Wildman–Crippen LogP) is 1.92. The molecule has 1 saturated heterocycles. The van der Waals surface area contributed by atoms with Gasteiger partial charge in [0.15, 0.2) is 0 Å². The molecular formula is C12H16N2O2. The largest absolute Gasteiger partial charge is 0.480 e. The number of aromatic nitrogens is 1. The minimum Gasteiger partial charge on any atom is -0.480 e. The van der Waals surface area contributed by atoms with E-state index in [9.17, 15) is 9.90 Å². The average Bonchev–Trinajstić information content (AvgIpc) is 2.30. The van der Waals surface area contributed by atoms with Crippen molar-refractivity contribution in [3.8, 4) is 0 Å². The number of hydrogen-bond donors (Lipinski definition) is 1. The molecule has 0 bridgehead atoms. The predicted molar refractivity (Wildman–Crippen MR) is 61.5 cm³/mol. The molecule has 86 valence electrons. The highest BCUT2D eigenvalue weighted by Crippen LogP contribution is 2.32. The number of hydrogen-bond acceptors (Lipinski definition) is 3. The number of piperidine rings is 1. The fourth-order valence-electron chi connectivity index (χ4n) is 2.28. The second kappa shape index (κ2) is 4.12. The zero-order chi connectivity index (χ0) is 11.6. The molecule has 2 heterocycles. The van der Waals surface area contributed by atoms with Gasteiger partial charge in [0.25, 0.3) is 0 Å².